The smallest absolute Gasteiger partial charge is 0.254 e. The summed E-state index contributed by atoms with van der Waals surface area (Å²) in [6.07, 6.45) is 4.42. The van der Waals surface area contributed by atoms with E-state index in [0.29, 0.717) is 17.8 Å². The summed E-state index contributed by atoms with van der Waals surface area (Å²) in [5.41, 5.74) is 8.06. The highest BCUT2D eigenvalue weighted by Crippen LogP contribution is 2.25. The quantitative estimate of drug-likeness (QED) is 0.815. The van der Waals surface area contributed by atoms with Crippen LogP contribution in [-0.2, 0) is 0 Å². The zero-order chi connectivity index (χ0) is 13.8. The molecule has 0 heterocycles. The van der Waals surface area contributed by atoms with E-state index in [0.717, 1.165) is 18.4 Å². The topological polar surface area (TPSA) is 66.6 Å². The largest absolute Gasteiger partial charge is 0.399 e. The number of rotatable bonds is 4. The number of nitrogens with zero attached hydrogens (tertiary/aromatic N) is 1. The van der Waals surface area contributed by atoms with Gasteiger partial charge in [-0.2, -0.15) is 0 Å². The molecule has 3 N–H and O–H groups in total. The highest BCUT2D eigenvalue weighted by Gasteiger charge is 2.27. The number of hydrogen-bond acceptors (Lipinski definition) is 3. The van der Waals surface area contributed by atoms with Gasteiger partial charge in [0.05, 0.1) is 6.61 Å². The second kappa shape index (κ2) is 6.06. The molecule has 104 valence electrons. The summed E-state index contributed by atoms with van der Waals surface area (Å²) in [7, 11) is 0. The van der Waals surface area contributed by atoms with Gasteiger partial charge in [0.15, 0.2) is 0 Å². The van der Waals surface area contributed by atoms with E-state index in [1.54, 1.807) is 12.1 Å². The number of nitrogens with two attached hydrogens (primary N) is 1. The SMILES string of the molecule is Cc1cc(C(=O)N(CCO)C2CCCC2)ccc1N. The molecule has 1 aliphatic carbocycles. The molecule has 0 saturated heterocycles. The highest BCUT2D eigenvalue weighted by atomic mass is 16.3. The standard InChI is InChI=1S/C15H22N2O2/c1-11-10-12(6-7-14(11)16)15(19)17(8-9-18)13-4-2-3-5-13/h6-7,10,13,18H,2-5,8-9,16H2,1H3. The van der Waals surface area contributed by atoms with Crippen molar-refractivity contribution in [1.29, 1.82) is 0 Å². The van der Waals surface area contributed by atoms with E-state index >= 15 is 0 Å². The molecular weight excluding hydrogens is 240 g/mol. The van der Waals surface area contributed by atoms with Crippen LogP contribution in [-0.4, -0.2) is 35.1 Å². The normalized spacial score (nSPS) is 15.7. The molecule has 4 nitrogen and oxygen atoms in total. The van der Waals surface area contributed by atoms with Gasteiger partial charge in [-0.3, -0.25) is 4.79 Å². The zero-order valence-corrected chi connectivity index (χ0v) is 11.4. The molecule has 4 heteroatoms. The van der Waals surface area contributed by atoms with Crippen molar-refractivity contribution < 1.29 is 9.90 Å². The van der Waals surface area contributed by atoms with Crippen molar-refractivity contribution in [1.82, 2.24) is 4.90 Å². The lowest BCUT2D eigenvalue weighted by molar-refractivity contribution is 0.0638. The number of aliphatic hydroxyl groups is 1. The molecule has 19 heavy (non-hydrogen) atoms. The maximum atomic E-state index is 12.6. The molecule has 1 saturated carbocycles. The first-order chi connectivity index (χ1) is 9.13. The molecule has 0 aromatic heterocycles. The molecule has 2 rings (SSSR count). The average Bonchev–Trinajstić information content (AvgIpc) is 2.92. The lowest BCUT2D eigenvalue weighted by Crippen LogP contribution is -2.40. The molecule has 0 atom stereocenters. The minimum absolute atomic E-state index is 0.00375. The van der Waals surface area contributed by atoms with Crippen LogP contribution in [0.15, 0.2) is 18.2 Å². The minimum Gasteiger partial charge on any atom is -0.399 e. The van der Waals surface area contributed by atoms with E-state index in [-0.39, 0.29) is 18.6 Å². The van der Waals surface area contributed by atoms with Crippen LogP contribution in [0.5, 0.6) is 0 Å². The van der Waals surface area contributed by atoms with Crippen LogP contribution in [0.25, 0.3) is 0 Å². The second-order valence-corrected chi connectivity index (χ2v) is 5.23. The molecule has 0 radical (unpaired) electrons. The summed E-state index contributed by atoms with van der Waals surface area (Å²) < 4.78 is 0. The first-order valence-corrected chi connectivity index (χ1v) is 6.91. The second-order valence-electron chi connectivity index (χ2n) is 5.23. The van der Waals surface area contributed by atoms with Crippen molar-refractivity contribution in [3.63, 3.8) is 0 Å². The van der Waals surface area contributed by atoms with Crippen LogP contribution in [0, 0.1) is 6.92 Å². The number of benzene rings is 1. The molecule has 0 spiro atoms. The fourth-order valence-corrected chi connectivity index (χ4v) is 2.75. The number of aryl methyl sites for hydroxylation is 1. The van der Waals surface area contributed by atoms with Crippen molar-refractivity contribution >= 4 is 11.6 Å². The van der Waals surface area contributed by atoms with Crippen molar-refractivity contribution in [3.8, 4) is 0 Å². The highest BCUT2D eigenvalue weighted by molar-refractivity contribution is 5.95. The van der Waals surface area contributed by atoms with Crippen LogP contribution in [0.2, 0.25) is 0 Å². The summed E-state index contributed by atoms with van der Waals surface area (Å²) in [4.78, 5) is 14.4. The molecule has 1 fully saturated rings. The summed E-state index contributed by atoms with van der Waals surface area (Å²) in [6.45, 7) is 2.32. The predicted octanol–water partition coefficient (Wildman–Crippen LogP) is 1.95. The predicted molar refractivity (Wildman–Crippen MR) is 76.0 cm³/mol. The van der Waals surface area contributed by atoms with Gasteiger partial charge in [-0.1, -0.05) is 12.8 Å². The Morgan fingerprint density at radius 3 is 2.68 bits per heavy atom. The summed E-state index contributed by atoms with van der Waals surface area (Å²) in [5, 5.41) is 9.18. The number of amides is 1. The fraction of sp³-hybridized carbons (Fsp3) is 0.533. The Kier molecular flexibility index (Phi) is 4.43. The first-order valence-electron chi connectivity index (χ1n) is 6.91. The minimum atomic E-state index is 0.00375. The number of carbonyl (C=O) groups excluding carboxylic acids is 1. The Bertz CT molecular complexity index is 453. The number of hydrogen-bond donors (Lipinski definition) is 2. The van der Waals surface area contributed by atoms with Crippen molar-refractivity contribution in [2.45, 2.75) is 38.6 Å². The van der Waals surface area contributed by atoms with Crippen molar-refractivity contribution in [2.24, 2.45) is 0 Å². The fourth-order valence-electron chi connectivity index (χ4n) is 2.75. The van der Waals surface area contributed by atoms with Gasteiger partial charge < -0.3 is 15.7 Å². The van der Waals surface area contributed by atoms with Gasteiger partial charge in [0.1, 0.15) is 0 Å². The van der Waals surface area contributed by atoms with E-state index < -0.39 is 0 Å². The Morgan fingerprint density at radius 1 is 1.42 bits per heavy atom. The van der Waals surface area contributed by atoms with Crippen LogP contribution in [0.1, 0.15) is 41.6 Å². The van der Waals surface area contributed by atoms with Crippen LogP contribution >= 0.6 is 0 Å². The lowest BCUT2D eigenvalue weighted by atomic mass is 10.1. The van der Waals surface area contributed by atoms with Gasteiger partial charge in [0, 0.05) is 23.8 Å². The van der Waals surface area contributed by atoms with Gasteiger partial charge in [0.25, 0.3) is 5.91 Å². The molecule has 0 aliphatic heterocycles. The van der Waals surface area contributed by atoms with Gasteiger partial charge in [0.2, 0.25) is 0 Å². The maximum Gasteiger partial charge on any atom is 0.254 e. The molecule has 0 bridgehead atoms. The first kappa shape index (κ1) is 13.9. The Balaban J connectivity index is 2.20. The zero-order valence-electron chi connectivity index (χ0n) is 11.4. The van der Waals surface area contributed by atoms with Crippen molar-refractivity contribution in [2.75, 3.05) is 18.9 Å². The van der Waals surface area contributed by atoms with E-state index in [4.69, 9.17) is 5.73 Å². The third-order valence-corrected chi connectivity index (χ3v) is 3.88. The number of aliphatic hydroxyl groups excluding tert-OH is 1. The van der Waals surface area contributed by atoms with Crippen molar-refractivity contribution in [3.05, 3.63) is 29.3 Å². The number of nitrogen functional groups attached to an aromatic ring is 1. The Hall–Kier alpha value is -1.55. The third-order valence-electron chi connectivity index (χ3n) is 3.88. The number of carbonyl (C=O) groups is 1. The Morgan fingerprint density at radius 2 is 2.11 bits per heavy atom. The third kappa shape index (κ3) is 3.07. The molecule has 1 amide bonds. The molecule has 0 unspecified atom stereocenters. The Labute approximate surface area is 114 Å². The summed E-state index contributed by atoms with van der Waals surface area (Å²) in [6, 6.07) is 5.65. The number of anilines is 1. The van der Waals surface area contributed by atoms with Gasteiger partial charge in [-0.05, 0) is 43.5 Å². The summed E-state index contributed by atoms with van der Waals surface area (Å²) >= 11 is 0. The van der Waals surface area contributed by atoms with Crippen LogP contribution in [0.3, 0.4) is 0 Å². The van der Waals surface area contributed by atoms with E-state index in [2.05, 4.69) is 0 Å². The van der Waals surface area contributed by atoms with E-state index in [1.807, 2.05) is 17.9 Å². The van der Waals surface area contributed by atoms with Crippen LogP contribution in [0.4, 0.5) is 5.69 Å². The van der Waals surface area contributed by atoms with Gasteiger partial charge in [-0.15, -0.1) is 0 Å². The molecular formula is C15H22N2O2. The van der Waals surface area contributed by atoms with Crippen LogP contribution < -0.4 is 5.73 Å². The molecule has 1 aliphatic rings. The van der Waals surface area contributed by atoms with E-state index in [9.17, 15) is 9.90 Å². The lowest BCUT2D eigenvalue weighted by Gasteiger charge is -2.28. The van der Waals surface area contributed by atoms with E-state index in [1.165, 1.54) is 12.8 Å². The van der Waals surface area contributed by atoms with Gasteiger partial charge in [-0.25, -0.2) is 0 Å². The maximum absolute atomic E-state index is 12.6. The van der Waals surface area contributed by atoms with Gasteiger partial charge >= 0.3 is 0 Å². The molecule has 1 aromatic carbocycles. The monoisotopic (exact) mass is 262 g/mol. The average molecular weight is 262 g/mol. The molecule has 1 aromatic rings. The summed E-state index contributed by atoms with van der Waals surface area (Å²) in [5.74, 6) is 0.00375.